The topological polar surface area (TPSA) is 197 Å². The monoisotopic (exact) mass is 574 g/mol. The number of rotatable bonds is 12. The quantitative estimate of drug-likeness (QED) is 0.145. The summed E-state index contributed by atoms with van der Waals surface area (Å²) in [7, 11) is 0. The summed E-state index contributed by atoms with van der Waals surface area (Å²) in [6, 6.07) is -3.52. The van der Waals surface area contributed by atoms with E-state index in [1.807, 2.05) is 0 Å². The van der Waals surface area contributed by atoms with E-state index < -0.39 is 59.2 Å². The average molecular weight is 575 g/mol. The number of Topliss-reactive ketones (excluding diaryl/α,β-unsaturated/α-hetero) is 1. The molecule has 0 aromatic carbocycles. The zero-order valence-corrected chi connectivity index (χ0v) is 24.4. The molecule has 2 saturated heterocycles. The van der Waals surface area contributed by atoms with E-state index in [0.29, 0.717) is 25.9 Å². The molecule has 13 nitrogen and oxygen atoms in total. The summed E-state index contributed by atoms with van der Waals surface area (Å²) in [4.78, 5) is 90.8. The summed E-state index contributed by atoms with van der Waals surface area (Å²) in [5.74, 6) is -5.14. The first-order valence-electron chi connectivity index (χ1n) is 14.2. The number of hydrogen-bond acceptors (Lipinski definition) is 8. The fourth-order valence-electron chi connectivity index (χ4n) is 5.41. The molecule has 41 heavy (non-hydrogen) atoms. The molecule has 5 amide bonds. The number of nitrogens with one attached hydrogen (secondary N) is 4. The van der Waals surface area contributed by atoms with E-state index in [-0.39, 0.29) is 35.4 Å². The van der Waals surface area contributed by atoms with Crippen LogP contribution < -0.4 is 27.0 Å². The Balaban J connectivity index is 1.82. The van der Waals surface area contributed by atoms with Gasteiger partial charge in [0.2, 0.25) is 23.5 Å². The Morgan fingerprint density at radius 2 is 1.71 bits per heavy atom. The predicted molar refractivity (Wildman–Crippen MR) is 147 cm³/mol. The number of ketones is 2. The number of allylic oxidation sites excluding steroid dienone is 1. The second kappa shape index (κ2) is 12.8. The van der Waals surface area contributed by atoms with Gasteiger partial charge < -0.3 is 31.9 Å². The highest BCUT2D eigenvalue weighted by molar-refractivity contribution is 6.38. The van der Waals surface area contributed by atoms with Crippen LogP contribution in [0.2, 0.25) is 0 Å². The van der Waals surface area contributed by atoms with Crippen molar-refractivity contribution >= 4 is 41.1 Å². The molecule has 2 heterocycles. The molecular formula is C28H42N6O7. The Labute approximate surface area is 239 Å². The first-order valence-corrected chi connectivity index (χ1v) is 14.2. The lowest BCUT2D eigenvalue weighted by molar-refractivity contribution is -0.144. The first kappa shape index (κ1) is 31.8. The Hall–Kier alpha value is -3.77. The number of carbonyl (C=O) groups is 7. The van der Waals surface area contributed by atoms with Crippen LogP contribution in [0, 0.1) is 17.3 Å². The van der Waals surface area contributed by atoms with E-state index in [4.69, 9.17) is 5.73 Å². The number of likely N-dealkylation sites (tertiary alicyclic amines) is 1. The molecule has 1 spiro atoms. The maximum absolute atomic E-state index is 13.8. The van der Waals surface area contributed by atoms with Crippen molar-refractivity contribution < 1.29 is 33.6 Å². The third-order valence-corrected chi connectivity index (χ3v) is 7.85. The van der Waals surface area contributed by atoms with E-state index in [0.717, 1.165) is 18.9 Å². The highest BCUT2D eigenvalue weighted by Gasteiger charge is 2.56. The zero-order valence-electron chi connectivity index (χ0n) is 24.4. The van der Waals surface area contributed by atoms with Gasteiger partial charge in [0, 0.05) is 31.1 Å². The van der Waals surface area contributed by atoms with Gasteiger partial charge in [-0.25, -0.2) is 0 Å². The van der Waals surface area contributed by atoms with E-state index in [2.05, 4.69) is 21.3 Å². The fraction of sp³-hybridized carbons (Fsp3) is 0.679. The molecule has 3 rings (SSSR count). The smallest absolute Gasteiger partial charge is 0.289 e. The average Bonchev–Trinajstić information content (AvgIpc) is 3.34. The van der Waals surface area contributed by atoms with Crippen molar-refractivity contribution in [1.29, 1.82) is 0 Å². The molecule has 13 heteroatoms. The molecule has 0 aromatic rings. The van der Waals surface area contributed by atoms with Crippen LogP contribution in [0.4, 0.5) is 0 Å². The van der Waals surface area contributed by atoms with E-state index in [9.17, 15) is 33.6 Å². The second-order valence-corrected chi connectivity index (χ2v) is 12.2. The SMILES string of the molecule is CC(=O)/C=C(\N)C(=O)NC(C(=O)N1CC2(CC2)CC1C(=O)NC(CC1CCNC1=O)C(=O)C(=O)NC(C)C)C(C)C. The summed E-state index contributed by atoms with van der Waals surface area (Å²) in [5.41, 5.74) is 5.15. The van der Waals surface area contributed by atoms with Crippen molar-refractivity contribution in [2.75, 3.05) is 13.1 Å². The van der Waals surface area contributed by atoms with Crippen molar-refractivity contribution in [3.8, 4) is 0 Å². The molecule has 0 aromatic heterocycles. The zero-order chi connectivity index (χ0) is 30.6. The molecule has 0 radical (unpaired) electrons. The van der Waals surface area contributed by atoms with Crippen molar-refractivity contribution in [1.82, 2.24) is 26.2 Å². The van der Waals surface area contributed by atoms with Crippen molar-refractivity contribution in [2.24, 2.45) is 23.0 Å². The van der Waals surface area contributed by atoms with Crippen molar-refractivity contribution in [3.63, 3.8) is 0 Å². The minimum Gasteiger partial charge on any atom is -0.394 e. The van der Waals surface area contributed by atoms with Crippen LogP contribution in [-0.2, 0) is 33.6 Å². The van der Waals surface area contributed by atoms with Gasteiger partial charge in [0.05, 0.1) is 6.04 Å². The van der Waals surface area contributed by atoms with Gasteiger partial charge in [0.1, 0.15) is 17.8 Å². The molecule has 3 fully saturated rings. The minimum atomic E-state index is -1.25. The number of nitrogens with zero attached hydrogens (tertiary/aromatic N) is 1. The van der Waals surface area contributed by atoms with Crippen molar-refractivity contribution in [2.45, 2.75) is 90.9 Å². The van der Waals surface area contributed by atoms with Crippen LogP contribution in [0.3, 0.4) is 0 Å². The number of amides is 5. The van der Waals surface area contributed by atoms with E-state index in [1.54, 1.807) is 27.7 Å². The predicted octanol–water partition coefficient (Wildman–Crippen LogP) is -0.955. The number of nitrogens with two attached hydrogens (primary N) is 1. The second-order valence-electron chi connectivity index (χ2n) is 12.2. The Bertz CT molecular complexity index is 1140. The molecule has 4 atom stereocenters. The summed E-state index contributed by atoms with van der Waals surface area (Å²) < 4.78 is 0. The standard InChI is InChI=1S/C28H42N6O7/c1-14(2)21(33-24(38)18(29)10-16(5)35)27(41)34-13-28(7-8-28)12-20(34)25(39)32-19(11-17-6-9-30-23(17)37)22(36)26(40)31-15(3)4/h10,14-15,17,19-21H,6-9,11-13,29H2,1-5H3,(H,30,37)(H,31,40)(H,32,39)(H,33,38)/b18-10-. The van der Waals surface area contributed by atoms with Crippen LogP contribution in [0.25, 0.3) is 0 Å². The third kappa shape index (κ3) is 7.92. The van der Waals surface area contributed by atoms with Gasteiger partial charge in [-0.2, -0.15) is 0 Å². The first-order chi connectivity index (χ1) is 19.1. The number of hydrogen-bond donors (Lipinski definition) is 5. The van der Waals surface area contributed by atoms with Crippen molar-refractivity contribution in [3.05, 3.63) is 11.8 Å². The van der Waals surface area contributed by atoms with Crippen LogP contribution in [0.15, 0.2) is 11.8 Å². The molecule has 226 valence electrons. The maximum atomic E-state index is 13.8. The van der Waals surface area contributed by atoms with Crippen LogP contribution in [0.1, 0.15) is 66.7 Å². The molecule has 2 aliphatic heterocycles. The van der Waals surface area contributed by atoms with Gasteiger partial charge in [0.25, 0.3) is 11.8 Å². The van der Waals surface area contributed by atoms with Gasteiger partial charge in [-0.15, -0.1) is 0 Å². The van der Waals surface area contributed by atoms with Crippen LogP contribution in [0.5, 0.6) is 0 Å². The molecular weight excluding hydrogens is 532 g/mol. The third-order valence-electron chi connectivity index (χ3n) is 7.85. The highest BCUT2D eigenvalue weighted by atomic mass is 16.2. The lowest BCUT2D eigenvalue weighted by atomic mass is 9.94. The largest absolute Gasteiger partial charge is 0.394 e. The minimum absolute atomic E-state index is 0.0415. The van der Waals surface area contributed by atoms with Gasteiger partial charge in [0.15, 0.2) is 5.78 Å². The van der Waals surface area contributed by atoms with Gasteiger partial charge >= 0.3 is 0 Å². The lowest BCUT2D eigenvalue weighted by Gasteiger charge is -2.31. The Morgan fingerprint density at radius 1 is 1.05 bits per heavy atom. The highest BCUT2D eigenvalue weighted by Crippen LogP contribution is 2.55. The summed E-state index contributed by atoms with van der Waals surface area (Å²) in [6.45, 7) is 8.87. The molecule has 0 bridgehead atoms. The molecule has 3 aliphatic rings. The summed E-state index contributed by atoms with van der Waals surface area (Å²) >= 11 is 0. The fourth-order valence-corrected chi connectivity index (χ4v) is 5.41. The van der Waals surface area contributed by atoms with Crippen LogP contribution >= 0.6 is 0 Å². The normalized spacial score (nSPS) is 22.8. The molecule has 1 saturated carbocycles. The maximum Gasteiger partial charge on any atom is 0.289 e. The van der Waals surface area contributed by atoms with Gasteiger partial charge in [-0.3, -0.25) is 33.6 Å². The summed E-state index contributed by atoms with van der Waals surface area (Å²) in [6.07, 6.45) is 3.43. The van der Waals surface area contributed by atoms with Crippen LogP contribution in [-0.4, -0.2) is 83.3 Å². The molecule has 4 unspecified atom stereocenters. The Kier molecular flexibility index (Phi) is 9.93. The number of carbonyl (C=O) groups excluding carboxylic acids is 7. The van der Waals surface area contributed by atoms with E-state index in [1.165, 1.54) is 11.8 Å². The molecule has 1 aliphatic carbocycles. The van der Waals surface area contributed by atoms with Gasteiger partial charge in [-0.05, 0) is 64.2 Å². The molecule has 6 N–H and O–H groups in total. The van der Waals surface area contributed by atoms with E-state index >= 15 is 0 Å². The lowest BCUT2D eigenvalue weighted by Crippen LogP contribution is -2.58. The summed E-state index contributed by atoms with van der Waals surface area (Å²) in [5, 5.41) is 10.5. The van der Waals surface area contributed by atoms with Gasteiger partial charge in [-0.1, -0.05) is 13.8 Å². The Morgan fingerprint density at radius 3 is 2.22 bits per heavy atom.